The van der Waals surface area contributed by atoms with Crippen molar-refractivity contribution in [2.24, 2.45) is 0 Å². The summed E-state index contributed by atoms with van der Waals surface area (Å²) >= 11 is 0. The molecule has 1 unspecified atom stereocenters. The van der Waals surface area contributed by atoms with Crippen LogP contribution >= 0.6 is 0 Å². The van der Waals surface area contributed by atoms with Gasteiger partial charge in [0.1, 0.15) is 0 Å². The first-order valence-corrected chi connectivity index (χ1v) is 5.86. The number of Topliss-reactive ketones (excluding diaryl/α,β-unsaturated/α-hetero) is 1. The SMILES string of the molecule is CCC(O)CNC(=O)Nc1cccc(C(C)=O)c1. The Morgan fingerprint density at radius 1 is 1.39 bits per heavy atom. The molecule has 1 atom stereocenters. The van der Waals surface area contributed by atoms with Gasteiger partial charge in [-0.05, 0) is 25.5 Å². The summed E-state index contributed by atoms with van der Waals surface area (Å²) in [5, 5.41) is 14.5. The van der Waals surface area contributed by atoms with Crippen molar-refractivity contribution in [1.29, 1.82) is 0 Å². The highest BCUT2D eigenvalue weighted by molar-refractivity contribution is 5.96. The lowest BCUT2D eigenvalue weighted by Gasteiger charge is -2.11. The Bertz CT molecular complexity index is 432. The third-order valence-electron chi connectivity index (χ3n) is 2.50. The van der Waals surface area contributed by atoms with Gasteiger partial charge in [-0.3, -0.25) is 4.79 Å². The van der Waals surface area contributed by atoms with E-state index >= 15 is 0 Å². The van der Waals surface area contributed by atoms with Crippen LogP contribution in [0.4, 0.5) is 10.5 Å². The quantitative estimate of drug-likeness (QED) is 0.697. The zero-order valence-electron chi connectivity index (χ0n) is 10.6. The molecule has 1 aromatic rings. The molecule has 5 nitrogen and oxygen atoms in total. The maximum Gasteiger partial charge on any atom is 0.319 e. The van der Waals surface area contributed by atoms with Crippen molar-refractivity contribution in [3.8, 4) is 0 Å². The fraction of sp³-hybridized carbons (Fsp3) is 0.385. The highest BCUT2D eigenvalue weighted by Crippen LogP contribution is 2.10. The van der Waals surface area contributed by atoms with Crippen LogP contribution in [-0.4, -0.2) is 29.6 Å². The minimum atomic E-state index is -0.542. The van der Waals surface area contributed by atoms with Gasteiger partial charge in [0.15, 0.2) is 5.78 Å². The summed E-state index contributed by atoms with van der Waals surface area (Å²) in [4.78, 5) is 22.7. The van der Waals surface area contributed by atoms with E-state index in [4.69, 9.17) is 0 Å². The molecule has 1 aromatic carbocycles. The van der Waals surface area contributed by atoms with Gasteiger partial charge in [0.05, 0.1) is 6.10 Å². The molecule has 0 fully saturated rings. The lowest BCUT2D eigenvalue weighted by molar-refractivity contribution is 0.101. The molecule has 1 rings (SSSR count). The maximum atomic E-state index is 11.5. The molecular formula is C13H18N2O3. The molecule has 0 aromatic heterocycles. The average Bonchev–Trinajstić information content (AvgIpc) is 2.36. The van der Waals surface area contributed by atoms with E-state index in [1.54, 1.807) is 24.3 Å². The van der Waals surface area contributed by atoms with Crippen LogP contribution < -0.4 is 10.6 Å². The molecule has 5 heteroatoms. The maximum absolute atomic E-state index is 11.5. The zero-order chi connectivity index (χ0) is 13.5. The van der Waals surface area contributed by atoms with Gasteiger partial charge in [-0.25, -0.2) is 4.79 Å². The molecule has 18 heavy (non-hydrogen) atoms. The summed E-state index contributed by atoms with van der Waals surface area (Å²) in [6, 6.07) is 6.29. The number of rotatable bonds is 5. The molecule has 0 radical (unpaired) electrons. The second kappa shape index (κ2) is 6.76. The van der Waals surface area contributed by atoms with E-state index in [2.05, 4.69) is 10.6 Å². The molecule has 3 N–H and O–H groups in total. The fourth-order valence-corrected chi connectivity index (χ4v) is 1.35. The number of aliphatic hydroxyl groups is 1. The van der Waals surface area contributed by atoms with E-state index < -0.39 is 12.1 Å². The molecule has 0 heterocycles. The van der Waals surface area contributed by atoms with E-state index in [0.717, 1.165) is 0 Å². The standard InChI is InChI=1S/C13H18N2O3/c1-3-12(17)8-14-13(18)15-11-6-4-5-10(7-11)9(2)16/h4-7,12,17H,3,8H2,1-2H3,(H2,14,15,18). The Kier molecular flexibility index (Phi) is 5.32. The Morgan fingerprint density at radius 2 is 2.11 bits per heavy atom. The highest BCUT2D eigenvalue weighted by atomic mass is 16.3. The summed E-state index contributed by atoms with van der Waals surface area (Å²) in [6.45, 7) is 3.51. The van der Waals surface area contributed by atoms with Crippen LogP contribution in [0.5, 0.6) is 0 Å². The molecule has 0 spiro atoms. The molecule has 0 aliphatic carbocycles. The smallest absolute Gasteiger partial charge is 0.319 e. The lowest BCUT2D eigenvalue weighted by Crippen LogP contribution is -2.35. The topological polar surface area (TPSA) is 78.4 Å². The normalized spacial score (nSPS) is 11.7. The second-order valence-electron chi connectivity index (χ2n) is 4.03. The van der Waals surface area contributed by atoms with Crippen LogP contribution in [0, 0.1) is 0 Å². The number of benzene rings is 1. The molecule has 2 amide bonds. The summed E-state index contributed by atoms with van der Waals surface area (Å²) in [5.41, 5.74) is 1.09. The predicted molar refractivity (Wildman–Crippen MR) is 69.8 cm³/mol. The summed E-state index contributed by atoms with van der Waals surface area (Å²) in [6.07, 6.45) is 0.0411. The largest absolute Gasteiger partial charge is 0.391 e. The van der Waals surface area contributed by atoms with Crippen molar-refractivity contribution in [2.75, 3.05) is 11.9 Å². The third kappa shape index (κ3) is 4.55. The van der Waals surface area contributed by atoms with Crippen LogP contribution in [-0.2, 0) is 0 Å². The van der Waals surface area contributed by atoms with Crippen molar-refractivity contribution in [3.05, 3.63) is 29.8 Å². The van der Waals surface area contributed by atoms with Gasteiger partial charge < -0.3 is 15.7 Å². The Morgan fingerprint density at radius 3 is 2.72 bits per heavy atom. The van der Waals surface area contributed by atoms with E-state index in [-0.39, 0.29) is 12.3 Å². The predicted octanol–water partition coefficient (Wildman–Crippen LogP) is 1.78. The number of aliphatic hydroxyl groups excluding tert-OH is 1. The van der Waals surface area contributed by atoms with Gasteiger partial charge in [-0.15, -0.1) is 0 Å². The third-order valence-corrected chi connectivity index (χ3v) is 2.50. The van der Waals surface area contributed by atoms with Crippen molar-refractivity contribution >= 4 is 17.5 Å². The molecule has 0 saturated carbocycles. The van der Waals surface area contributed by atoms with Gasteiger partial charge >= 0.3 is 6.03 Å². The number of hydrogen-bond acceptors (Lipinski definition) is 3. The van der Waals surface area contributed by atoms with Crippen LogP contribution in [0.1, 0.15) is 30.6 Å². The molecule has 98 valence electrons. The first-order chi connectivity index (χ1) is 8.52. The second-order valence-corrected chi connectivity index (χ2v) is 4.03. The zero-order valence-corrected chi connectivity index (χ0v) is 10.6. The molecule has 0 bridgehead atoms. The Hall–Kier alpha value is -1.88. The van der Waals surface area contributed by atoms with Crippen LogP contribution in [0.15, 0.2) is 24.3 Å². The summed E-state index contributed by atoms with van der Waals surface area (Å²) < 4.78 is 0. The van der Waals surface area contributed by atoms with E-state index in [0.29, 0.717) is 17.7 Å². The van der Waals surface area contributed by atoms with E-state index in [1.165, 1.54) is 6.92 Å². The summed E-state index contributed by atoms with van der Waals surface area (Å²) in [7, 11) is 0. The van der Waals surface area contributed by atoms with E-state index in [1.807, 2.05) is 6.92 Å². The van der Waals surface area contributed by atoms with Crippen molar-refractivity contribution in [1.82, 2.24) is 5.32 Å². The van der Waals surface area contributed by atoms with Crippen molar-refractivity contribution in [3.63, 3.8) is 0 Å². The highest BCUT2D eigenvalue weighted by Gasteiger charge is 2.06. The van der Waals surface area contributed by atoms with Gasteiger partial charge in [0.2, 0.25) is 0 Å². The molecule has 0 aliphatic heterocycles. The van der Waals surface area contributed by atoms with Crippen molar-refractivity contribution < 1.29 is 14.7 Å². The molecule has 0 aliphatic rings. The van der Waals surface area contributed by atoms with Gasteiger partial charge in [0, 0.05) is 17.8 Å². The number of hydrogen-bond donors (Lipinski definition) is 3. The fourth-order valence-electron chi connectivity index (χ4n) is 1.35. The Labute approximate surface area is 106 Å². The van der Waals surface area contributed by atoms with E-state index in [9.17, 15) is 14.7 Å². The van der Waals surface area contributed by atoms with Crippen LogP contribution in [0.3, 0.4) is 0 Å². The number of carbonyl (C=O) groups is 2. The van der Waals surface area contributed by atoms with Gasteiger partial charge in [-0.2, -0.15) is 0 Å². The number of ketones is 1. The van der Waals surface area contributed by atoms with Gasteiger partial charge in [-0.1, -0.05) is 19.1 Å². The first-order valence-electron chi connectivity index (χ1n) is 5.86. The van der Waals surface area contributed by atoms with Gasteiger partial charge in [0.25, 0.3) is 0 Å². The number of anilines is 1. The molecular weight excluding hydrogens is 232 g/mol. The summed E-state index contributed by atoms with van der Waals surface area (Å²) in [5.74, 6) is -0.0551. The van der Waals surface area contributed by atoms with Crippen LogP contribution in [0.25, 0.3) is 0 Å². The minimum absolute atomic E-state index is 0.0551. The van der Waals surface area contributed by atoms with Crippen molar-refractivity contribution in [2.45, 2.75) is 26.4 Å². The monoisotopic (exact) mass is 250 g/mol. The first kappa shape index (κ1) is 14.2. The van der Waals surface area contributed by atoms with Crippen LogP contribution in [0.2, 0.25) is 0 Å². The Balaban J connectivity index is 2.54. The lowest BCUT2D eigenvalue weighted by atomic mass is 10.1. The number of urea groups is 1. The molecule has 0 saturated heterocycles. The number of amides is 2. The number of carbonyl (C=O) groups excluding carboxylic acids is 2. The number of nitrogens with one attached hydrogen (secondary N) is 2. The average molecular weight is 250 g/mol. The minimum Gasteiger partial charge on any atom is -0.391 e.